The Bertz CT molecular complexity index is 616. The maximum Gasteiger partial charge on any atom is 0.242 e. The van der Waals surface area contributed by atoms with Gasteiger partial charge in [0.2, 0.25) is 10.0 Å². The Morgan fingerprint density at radius 3 is 3.00 bits per heavy atom. The van der Waals surface area contributed by atoms with E-state index in [1.54, 1.807) is 18.2 Å². The highest BCUT2D eigenvalue weighted by molar-refractivity contribution is 7.89. The summed E-state index contributed by atoms with van der Waals surface area (Å²) < 4.78 is 34.5. The fraction of sp³-hybridized carbons (Fsp3) is 0.200. The highest BCUT2D eigenvalue weighted by Gasteiger charge is 2.21. The van der Waals surface area contributed by atoms with Gasteiger partial charge in [-0.3, -0.25) is 0 Å². The average molecular weight is 269 g/mol. The largest absolute Gasteiger partial charge is 0.242 e. The van der Waals surface area contributed by atoms with E-state index in [-0.39, 0.29) is 4.90 Å². The van der Waals surface area contributed by atoms with Crippen LogP contribution in [0, 0.1) is 0 Å². The van der Waals surface area contributed by atoms with Gasteiger partial charge in [0.15, 0.2) is 0 Å². The standard InChI is InChI=1S/C10H11N3O2S2/c1-2-3-7-11-17(14,15)9-6-4-5-8-10(9)13-16-12-8/h2,4-6,11H,1,3,7H2. The van der Waals surface area contributed by atoms with Crippen molar-refractivity contribution in [2.75, 3.05) is 6.54 Å². The van der Waals surface area contributed by atoms with E-state index in [9.17, 15) is 8.42 Å². The summed E-state index contributed by atoms with van der Waals surface area (Å²) in [7, 11) is -3.52. The molecule has 1 heterocycles. The molecule has 1 aromatic rings. The summed E-state index contributed by atoms with van der Waals surface area (Å²) in [5.41, 5.74) is 1.02. The second kappa shape index (κ2) is 4.91. The van der Waals surface area contributed by atoms with Crippen LogP contribution < -0.4 is 4.72 Å². The minimum absolute atomic E-state index is 0.174. The van der Waals surface area contributed by atoms with E-state index in [1.165, 1.54) is 6.07 Å². The monoisotopic (exact) mass is 269 g/mol. The third-order valence-electron chi connectivity index (χ3n) is 2.18. The van der Waals surface area contributed by atoms with Crippen LogP contribution in [0.4, 0.5) is 11.4 Å². The molecule has 7 heteroatoms. The number of hydrogen-bond acceptors (Lipinski definition) is 4. The van der Waals surface area contributed by atoms with Crippen LogP contribution in [0.1, 0.15) is 6.42 Å². The van der Waals surface area contributed by atoms with E-state index < -0.39 is 10.0 Å². The van der Waals surface area contributed by atoms with Gasteiger partial charge in [-0.1, -0.05) is 12.1 Å². The first kappa shape index (κ1) is 12.2. The Kier molecular flexibility index (Phi) is 3.51. The van der Waals surface area contributed by atoms with Crippen molar-refractivity contribution >= 4 is 32.8 Å². The molecular weight excluding hydrogens is 258 g/mol. The lowest BCUT2D eigenvalue weighted by Gasteiger charge is -2.07. The Balaban J connectivity index is 2.32. The first-order chi connectivity index (χ1) is 8.15. The van der Waals surface area contributed by atoms with Crippen LogP contribution in [-0.2, 0) is 21.4 Å². The molecule has 0 fully saturated rings. The van der Waals surface area contributed by atoms with Crippen LogP contribution in [0.15, 0.2) is 44.5 Å². The normalized spacial score (nSPS) is 13.2. The van der Waals surface area contributed by atoms with Crippen molar-refractivity contribution < 1.29 is 8.42 Å². The van der Waals surface area contributed by atoms with Crippen LogP contribution in [0.5, 0.6) is 0 Å². The Hall–Kier alpha value is -1.31. The number of fused-ring (bicyclic) bond motifs is 1. The maximum atomic E-state index is 12.0. The van der Waals surface area contributed by atoms with Crippen molar-refractivity contribution in [2.45, 2.75) is 11.3 Å². The molecule has 0 atom stereocenters. The fourth-order valence-electron chi connectivity index (χ4n) is 1.37. The molecule has 0 spiro atoms. The summed E-state index contributed by atoms with van der Waals surface area (Å²) in [6.45, 7) is 3.87. The van der Waals surface area contributed by atoms with Gasteiger partial charge in [0.1, 0.15) is 16.3 Å². The first-order valence-electron chi connectivity index (χ1n) is 4.97. The molecule has 0 saturated heterocycles. The minimum Gasteiger partial charge on any atom is -0.211 e. The second-order valence-corrected chi connectivity index (χ2v) is 5.63. The van der Waals surface area contributed by atoms with Crippen molar-refractivity contribution in [2.24, 2.45) is 8.73 Å². The Morgan fingerprint density at radius 2 is 2.24 bits per heavy atom. The molecule has 1 aromatic carbocycles. The predicted molar refractivity (Wildman–Crippen MR) is 68.0 cm³/mol. The Morgan fingerprint density at radius 1 is 1.41 bits per heavy atom. The molecule has 0 aromatic heterocycles. The molecule has 0 aliphatic carbocycles. The topological polar surface area (TPSA) is 70.9 Å². The zero-order valence-electron chi connectivity index (χ0n) is 8.96. The van der Waals surface area contributed by atoms with Crippen LogP contribution in [0.2, 0.25) is 0 Å². The molecule has 0 saturated carbocycles. The van der Waals surface area contributed by atoms with Crippen LogP contribution in [0.3, 0.4) is 0 Å². The second-order valence-electron chi connectivity index (χ2n) is 3.36. The van der Waals surface area contributed by atoms with Gasteiger partial charge in [-0.05, 0) is 18.6 Å². The number of sulfonamides is 1. The van der Waals surface area contributed by atoms with Crippen molar-refractivity contribution in [1.82, 2.24) is 4.72 Å². The minimum atomic E-state index is -3.52. The van der Waals surface area contributed by atoms with Gasteiger partial charge in [0.05, 0.1) is 11.4 Å². The van der Waals surface area contributed by atoms with E-state index in [0.717, 1.165) is 11.4 Å². The maximum absolute atomic E-state index is 12.0. The zero-order chi connectivity index (χ0) is 12.3. The van der Waals surface area contributed by atoms with Crippen LogP contribution in [0.25, 0.3) is 0 Å². The molecule has 17 heavy (non-hydrogen) atoms. The third-order valence-corrected chi connectivity index (χ3v) is 4.21. The summed E-state index contributed by atoms with van der Waals surface area (Å²) >= 11 is 1.00. The molecule has 2 rings (SSSR count). The summed E-state index contributed by atoms with van der Waals surface area (Å²) in [4.78, 5) is 0.174. The lowest BCUT2D eigenvalue weighted by Crippen LogP contribution is -2.24. The van der Waals surface area contributed by atoms with Crippen molar-refractivity contribution in [3.8, 4) is 0 Å². The van der Waals surface area contributed by atoms with Crippen molar-refractivity contribution in [1.29, 1.82) is 0 Å². The van der Waals surface area contributed by atoms with Crippen molar-refractivity contribution in [3.05, 3.63) is 30.9 Å². The predicted octanol–water partition coefficient (Wildman–Crippen LogP) is 2.27. The van der Waals surface area contributed by atoms with E-state index in [0.29, 0.717) is 24.3 Å². The van der Waals surface area contributed by atoms with Crippen LogP contribution >= 0.6 is 0 Å². The molecule has 1 aliphatic heterocycles. The molecule has 90 valence electrons. The molecule has 5 nitrogen and oxygen atoms in total. The number of rotatable bonds is 5. The van der Waals surface area contributed by atoms with E-state index >= 15 is 0 Å². The van der Waals surface area contributed by atoms with Crippen LogP contribution in [-0.4, -0.2) is 15.0 Å². The van der Waals surface area contributed by atoms with Gasteiger partial charge in [0, 0.05) is 6.54 Å². The van der Waals surface area contributed by atoms with Gasteiger partial charge in [-0.2, -0.15) is 8.73 Å². The number of nitrogens with zero attached hydrogens (tertiary/aromatic N) is 2. The van der Waals surface area contributed by atoms with Gasteiger partial charge in [-0.25, -0.2) is 13.1 Å². The first-order valence-corrected chi connectivity index (χ1v) is 7.18. The van der Waals surface area contributed by atoms with Gasteiger partial charge in [0.25, 0.3) is 0 Å². The molecule has 1 aliphatic rings. The van der Waals surface area contributed by atoms with Crippen molar-refractivity contribution in [3.63, 3.8) is 0 Å². The van der Waals surface area contributed by atoms with E-state index in [1.807, 2.05) is 0 Å². The summed E-state index contributed by atoms with van der Waals surface area (Å²) in [6.07, 6.45) is 2.25. The highest BCUT2D eigenvalue weighted by atomic mass is 32.2. The summed E-state index contributed by atoms with van der Waals surface area (Å²) in [5, 5.41) is 0. The number of hydrogen-bond donors (Lipinski definition) is 1. The lowest BCUT2D eigenvalue weighted by molar-refractivity contribution is 0.582. The van der Waals surface area contributed by atoms with E-state index in [2.05, 4.69) is 20.0 Å². The lowest BCUT2D eigenvalue weighted by atomic mass is 10.3. The quantitative estimate of drug-likeness (QED) is 0.668. The molecule has 1 N–H and O–H groups in total. The number of nitrogens with one attached hydrogen (secondary N) is 1. The third kappa shape index (κ3) is 2.51. The smallest absolute Gasteiger partial charge is 0.211 e. The molecule has 0 bridgehead atoms. The van der Waals surface area contributed by atoms with Gasteiger partial charge < -0.3 is 0 Å². The highest BCUT2D eigenvalue weighted by Crippen LogP contribution is 2.37. The Labute approximate surface area is 104 Å². The molecule has 0 radical (unpaired) electrons. The zero-order valence-corrected chi connectivity index (χ0v) is 10.6. The summed E-state index contributed by atoms with van der Waals surface area (Å²) in [6, 6.07) is 4.92. The average Bonchev–Trinajstić information content (AvgIpc) is 2.76. The van der Waals surface area contributed by atoms with E-state index in [4.69, 9.17) is 0 Å². The number of benzene rings is 1. The SMILES string of the molecule is C=CCCNS(=O)(=O)c1cccc2c1N=S=N2. The molecule has 0 unspecified atom stereocenters. The van der Waals surface area contributed by atoms with Gasteiger partial charge in [-0.15, -0.1) is 6.58 Å². The molecular formula is C10H11N3O2S2. The van der Waals surface area contributed by atoms with Gasteiger partial charge >= 0.3 is 0 Å². The molecule has 0 amide bonds. The fourth-order valence-corrected chi connectivity index (χ4v) is 3.18. The summed E-state index contributed by atoms with van der Waals surface area (Å²) in [5.74, 6) is 0.